The summed E-state index contributed by atoms with van der Waals surface area (Å²) in [5.74, 6) is -0.416. The lowest BCUT2D eigenvalue weighted by atomic mass is 9.91. The van der Waals surface area contributed by atoms with Crippen LogP contribution in [0.15, 0.2) is 18.2 Å². The summed E-state index contributed by atoms with van der Waals surface area (Å²) in [4.78, 5) is 22.4. The van der Waals surface area contributed by atoms with E-state index in [9.17, 15) is 14.9 Å². The molecule has 7 heteroatoms. The Morgan fingerprint density at radius 1 is 1.40 bits per heavy atom. The molecule has 1 saturated carbocycles. The Bertz CT molecular complexity index is 536. The van der Waals surface area contributed by atoms with E-state index in [2.05, 4.69) is 5.32 Å². The van der Waals surface area contributed by atoms with Gasteiger partial charge in [0.05, 0.1) is 15.5 Å². The highest BCUT2D eigenvalue weighted by Gasteiger charge is 2.25. The minimum Gasteiger partial charge on any atom is -0.348 e. The van der Waals surface area contributed by atoms with Crippen LogP contribution in [-0.2, 0) is 0 Å². The first-order chi connectivity index (χ1) is 9.49. The molecule has 0 saturated heterocycles. The van der Waals surface area contributed by atoms with Gasteiger partial charge in [-0.3, -0.25) is 14.9 Å². The molecule has 1 fully saturated rings. The fourth-order valence-corrected chi connectivity index (χ4v) is 2.59. The van der Waals surface area contributed by atoms with Gasteiger partial charge in [0.25, 0.3) is 11.6 Å². The number of nitrogens with two attached hydrogens (primary N) is 1. The van der Waals surface area contributed by atoms with Crippen molar-refractivity contribution in [2.24, 2.45) is 5.73 Å². The summed E-state index contributed by atoms with van der Waals surface area (Å²) in [7, 11) is 0. The third-order valence-corrected chi connectivity index (χ3v) is 3.87. The number of nitro groups is 1. The van der Waals surface area contributed by atoms with Gasteiger partial charge in [0, 0.05) is 24.2 Å². The maximum atomic E-state index is 12.2. The molecule has 1 amide bonds. The van der Waals surface area contributed by atoms with Gasteiger partial charge in [-0.05, 0) is 18.9 Å². The van der Waals surface area contributed by atoms with Crippen molar-refractivity contribution in [3.05, 3.63) is 38.9 Å². The number of benzene rings is 1. The van der Waals surface area contributed by atoms with Gasteiger partial charge >= 0.3 is 0 Å². The van der Waals surface area contributed by atoms with Crippen LogP contribution in [0.3, 0.4) is 0 Å². The van der Waals surface area contributed by atoms with Gasteiger partial charge in [0.1, 0.15) is 0 Å². The zero-order valence-corrected chi connectivity index (χ0v) is 11.6. The minimum atomic E-state index is -0.556. The zero-order chi connectivity index (χ0) is 14.7. The molecule has 0 heterocycles. The number of amides is 1. The van der Waals surface area contributed by atoms with Crippen LogP contribution in [0.2, 0.25) is 5.02 Å². The molecule has 3 N–H and O–H groups in total. The van der Waals surface area contributed by atoms with Gasteiger partial charge < -0.3 is 11.1 Å². The van der Waals surface area contributed by atoms with Crippen LogP contribution in [0, 0.1) is 10.1 Å². The third kappa shape index (κ3) is 3.26. The first kappa shape index (κ1) is 14.7. The first-order valence-electron chi connectivity index (χ1n) is 6.49. The van der Waals surface area contributed by atoms with Crippen molar-refractivity contribution in [3.8, 4) is 0 Å². The largest absolute Gasteiger partial charge is 0.348 e. The van der Waals surface area contributed by atoms with Gasteiger partial charge in [-0.2, -0.15) is 0 Å². The molecule has 0 radical (unpaired) electrons. The van der Waals surface area contributed by atoms with E-state index in [1.165, 1.54) is 18.2 Å². The number of nitro benzene ring substituents is 1. The molecule has 0 spiro atoms. The van der Waals surface area contributed by atoms with Crippen molar-refractivity contribution in [2.45, 2.75) is 37.8 Å². The number of hydrogen-bond acceptors (Lipinski definition) is 4. The van der Waals surface area contributed by atoms with Gasteiger partial charge in [-0.25, -0.2) is 0 Å². The predicted molar refractivity (Wildman–Crippen MR) is 75.8 cm³/mol. The molecule has 6 nitrogen and oxygen atoms in total. The molecule has 108 valence electrons. The summed E-state index contributed by atoms with van der Waals surface area (Å²) >= 11 is 5.94. The van der Waals surface area contributed by atoms with Crippen LogP contribution < -0.4 is 11.1 Å². The summed E-state index contributed by atoms with van der Waals surface area (Å²) in [6.45, 7) is 0. The Labute approximate surface area is 121 Å². The van der Waals surface area contributed by atoms with E-state index in [0.717, 1.165) is 25.7 Å². The standard InChI is InChI=1S/C13H16ClN3O3/c14-10-6-5-8(17(19)20)7-9(10)13(18)16-12-4-2-1-3-11(12)15/h5-7,11-12H,1-4,15H2,(H,16,18). The topological polar surface area (TPSA) is 98.3 Å². The maximum Gasteiger partial charge on any atom is 0.270 e. The highest BCUT2D eigenvalue weighted by Crippen LogP contribution is 2.23. The number of carbonyl (C=O) groups excluding carboxylic acids is 1. The Morgan fingerprint density at radius 3 is 2.75 bits per heavy atom. The smallest absolute Gasteiger partial charge is 0.270 e. The monoisotopic (exact) mass is 297 g/mol. The van der Waals surface area contributed by atoms with E-state index in [1.807, 2.05) is 0 Å². The SMILES string of the molecule is NC1CCCCC1NC(=O)c1cc([N+](=O)[O-])ccc1Cl. The van der Waals surface area contributed by atoms with Crippen molar-refractivity contribution in [1.29, 1.82) is 0 Å². The third-order valence-electron chi connectivity index (χ3n) is 3.54. The van der Waals surface area contributed by atoms with E-state index in [1.54, 1.807) is 0 Å². The van der Waals surface area contributed by atoms with E-state index in [0.29, 0.717) is 0 Å². The summed E-state index contributed by atoms with van der Waals surface area (Å²) < 4.78 is 0. The average molecular weight is 298 g/mol. The van der Waals surface area contributed by atoms with Crippen molar-refractivity contribution >= 4 is 23.2 Å². The van der Waals surface area contributed by atoms with Crippen LogP contribution >= 0.6 is 11.6 Å². The maximum absolute atomic E-state index is 12.2. The second-order valence-electron chi connectivity index (χ2n) is 4.95. The fraction of sp³-hybridized carbons (Fsp3) is 0.462. The van der Waals surface area contributed by atoms with Crippen LogP contribution in [0.4, 0.5) is 5.69 Å². The van der Waals surface area contributed by atoms with Gasteiger partial charge in [-0.15, -0.1) is 0 Å². The first-order valence-corrected chi connectivity index (χ1v) is 6.87. The number of carbonyl (C=O) groups is 1. The lowest BCUT2D eigenvalue weighted by molar-refractivity contribution is -0.384. The van der Waals surface area contributed by atoms with Crippen molar-refractivity contribution < 1.29 is 9.72 Å². The number of hydrogen-bond donors (Lipinski definition) is 2. The quantitative estimate of drug-likeness (QED) is 0.660. The number of nitrogens with zero attached hydrogens (tertiary/aromatic N) is 1. The Morgan fingerprint density at radius 2 is 2.10 bits per heavy atom. The molecule has 0 aromatic heterocycles. The molecule has 0 aliphatic heterocycles. The summed E-state index contributed by atoms with van der Waals surface area (Å²) in [6, 6.07) is 3.63. The lowest BCUT2D eigenvalue weighted by Gasteiger charge is -2.29. The molecule has 1 aliphatic carbocycles. The van der Waals surface area contributed by atoms with E-state index < -0.39 is 10.8 Å². The Hall–Kier alpha value is -1.66. The highest BCUT2D eigenvalue weighted by atomic mass is 35.5. The average Bonchev–Trinajstić information content (AvgIpc) is 2.41. The minimum absolute atomic E-state index is 0.0785. The highest BCUT2D eigenvalue weighted by molar-refractivity contribution is 6.33. The molecule has 2 atom stereocenters. The number of non-ortho nitro benzene ring substituents is 1. The zero-order valence-electron chi connectivity index (χ0n) is 10.8. The number of rotatable bonds is 3. The fourth-order valence-electron chi connectivity index (χ4n) is 2.39. The van der Waals surface area contributed by atoms with E-state index >= 15 is 0 Å². The Kier molecular flexibility index (Phi) is 4.57. The van der Waals surface area contributed by atoms with Crippen molar-refractivity contribution in [2.75, 3.05) is 0 Å². The predicted octanol–water partition coefficient (Wildman–Crippen LogP) is 2.25. The van der Waals surface area contributed by atoms with Crippen LogP contribution in [0.1, 0.15) is 36.0 Å². The molecular weight excluding hydrogens is 282 g/mol. The second kappa shape index (κ2) is 6.19. The molecule has 0 bridgehead atoms. The molecule has 1 aromatic carbocycles. The van der Waals surface area contributed by atoms with Gasteiger partial charge in [-0.1, -0.05) is 24.4 Å². The molecule has 2 unspecified atom stereocenters. The summed E-state index contributed by atoms with van der Waals surface area (Å²) in [5, 5.41) is 13.8. The summed E-state index contributed by atoms with van der Waals surface area (Å²) in [5.41, 5.74) is 5.92. The normalized spacial score (nSPS) is 22.3. The number of halogens is 1. The van der Waals surface area contributed by atoms with Crippen LogP contribution in [0.5, 0.6) is 0 Å². The molecule has 20 heavy (non-hydrogen) atoms. The summed E-state index contributed by atoms with van der Waals surface area (Å²) in [6.07, 6.45) is 3.76. The second-order valence-corrected chi connectivity index (χ2v) is 5.36. The molecule has 1 aromatic rings. The van der Waals surface area contributed by atoms with Crippen LogP contribution in [0.25, 0.3) is 0 Å². The van der Waals surface area contributed by atoms with E-state index in [4.69, 9.17) is 17.3 Å². The number of nitrogens with one attached hydrogen (secondary N) is 1. The van der Waals surface area contributed by atoms with Crippen LogP contribution in [-0.4, -0.2) is 22.9 Å². The van der Waals surface area contributed by atoms with Crippen molar-refractivity contribution in [3.63, 3.8) is 0 Å². The van der Waals surface area contributed by atoms with Gasteiger partial charge in [0.15, 0.2) is 0 Å². The van der Waals surface area contributed by atoms with Gasteiger partial charge in [0.2, 0.25) is 0 Å². The van der Waals surface area contributed by atoms with E-state index in [-0.39, 0.29) is 28.4 Å². The van der Waals surface area contributed by atoms with Crippen molar-refractivity contribution in [1.82, 2.24) is 5.32 Å². The molecular formula is C13H16ClN3O3. The molecule has 2 rings (SSSR count). The lowest BCUT2D eigenvalue weighted by Crippen LogP contribution is -2.49. The molecule has 1 aliphatic rings. The Balaban J connectivity index is 2.16.